The first kappa shape index (κ1) is 11.5. The predicted octanol–water partition coefficient (Wildman–Crippen LogP) is 1.24. The molecule has 3 nitrogen and oxygen atoms in total. The second-order valence-electron chi connectivity index (χ2n) is 5.03. The van der Waals surface area contributed by atoms with E-state index >= 15 is 0 Å². The number of amides is 1. The minimum atomic E-state index is -0.366. The number of carbonyl (C=O) groups is 1. The zero-order chi connectivity index (χ0) is 10.8. The van der Waals surface area contributed by atoms with Gasteiger partial charge in [0.1, 0.15) is 0 Å². The average molecular weight is 198 g/mol. The van der Waals surface area contributed by atoms with Crippen molar-refractivity contribution in [2.75, 3.05) is 19.6 Å². The maximum absolute atomic E-state index is 11.9. The van der Waals surface area contributed by atoms with Crippen LogP contribution >= 0.6 is 0 Å². The Morgan fingerprint density at radius 2 is 2.14 bits per heavy atom. The van der Waals surface area contributed by atoms with Crippen LogP contribution in [0.15, 0.2) is 0 Å². The predicted molar refractivity (Wildman–Crippen MR) is 58.1 cm³/mol. The van der Waals surface area contributed by atoms with Gasteiger partial charge in [0.05, 0.1) is 5.54 Å². The molecular formula is C11H22N2O. The lowest BCUT2D eigenvalue weighted by Gasteiger charge is -2.38. The summed E-state index contributed by atoms with van der Waals surface area (Å²) in [5.41, 5.74) is -0.366. The summed E-state index contributed by atoms with van der Waals surface area (Å²) in [6, 6.07) is 0. The van der Waals surface area contributed by atoms with E-state index in [9.17, 15) is 4.79 Å². The number of piperazine rings is 1. The molecule has 0 saturated carbocycles. The molecule has 0 bridgehead atoms. The van der Waals surface area contributed by atoms with E-state index in [1.165, 1.54) is 0 Å². The summed E-state index contributed by atoms with van der Waals surface area (Å²) in [7, 11) is 0. The van der Waals surface area contributed by atoms with Gasteiger partial charge in [-0.2, -0.15) is 0 Å². The molecule has 1 amide bonds. The normalized spacial score (nSPS) is 21.8. The molecule has 0 unspecified atom stereocenters. The second kappa shape index (κ2) is 4.30. The van der Waals surface area contributed by atoms with E-state index in [0.29, 0.717) is 5.92 Å². The zero-order valence-corrected chi connectivity index (χ0v) is 9.76. The van der Waals surface area contributed by atoms with E-state index in [-0.39, 0.29) is 11.4 Å². The van der Waals surface area contributed by atoms with Crippen LogP contribution in [-0.4, -0.2) is 36.0 Å². The van der Waals surface area contributed by atoms with Crippen molar-refractivity contribution in [3.8, 4) is 0 Å². The van der Waals surface area contributed by atoms with Gasteiger partial charge in [-0.3, -0.25) is 4.79 Å². The van der Waals surface area contributed by atoms with Crippen LogP contribution in [0.3, 0.4) is 0 Å². The molecule has 1 saturated heterocycles. The van der Waals surface area contributed by atoms with E-state index < -0.39 is 0 Å². The van der Waals surface area contributed by atoms with E-state index in [0.717, 1.165) is 26.1 Å². The Kier molecular flexibility index (Phi) is 3.53. The summed E-state index contributed by atoms with van der Waals surface area (Å²) in [4.78, 5) is 13.9. The molecule has 0 aliphatic carbocycles. The summed E-state index contributed by atoms with van der Waals surface area (Å²) in [5.74, 6) is 0.908. The fraction of sp³-hybridized carbons (Fsp3) is 0.909. The monoisotopic (exact) mass is 198 g/mol. The lowest BCUT2D eigenvalue weighted by Crippen LogP contribution is -2.61. The van der Waals surface area contributed by atoms with Gasteiger partial charge in [0.2, 0.25) is 5.91 Å². The first-order valence-corrected chi connectivity index (χ1v) is 5.48. The Balaban J connectivity index is 2.49. The Hall–Kier alpha value is -0.570. The van der Waals surface area contributed by atoms with E-state index in [2.05, 4.69) is 19.2 Å². The SMILES string of the molecule is CC(C)CCN1CCNC(C)(C)C1=O. The standard InChI is InChI=1S/C11H22N2O/c1-9(2)5-7-13-8-6-12-11(3,4)10(13)14/h9,12H,5-8H2,1-4H3. The fourth-order valence-corrected chi connectivity index (χ4v) is 1.70. The topological polar surface area (TPSA) is 32.3 Å². The molecule has 1 rings (SSSR count). The van der Waals surface area contributed by atoms with Gasteiger partial charge >= 0.3 is 0 Å². The van der Waals surface area contributed by atoms with Crippen LogP contribution in [0.5, 0.6) is 0 Å². The van der Waals surface area contributed by atoms with Gasteiger partial charge in [-0.25, -0.2) is 0 Å². The maximum atomic E-state index is 11.9. The van der Waals surface area contributed by atoms with Gasteiger partial charge in [0.15, 0.2) is 0 Å². The summed E-state index contributed by atoms with van der Waals surface area (Å²) >= 11 is 0. The summed E-state index contributed by atoms with van der Waals surface area (Å²) < 4.78 is 0. The van der Waals surface area contributed by atoms with Crippen molar-refractivity contribution < 1.29 is 4.79 Å². The van der Waals surface area contributed by atoms with Crippen molar-refractivity contribution in [3.05, 3.63) is 0 Å². The number of carbonyl (C=O) groups excluding carboxylic acids is 1. The van der Waals surface area contributed by atoms with Gasteiger partial charge in [-0.05, 0) is 26.2 Å². The highest BCUT2D eigenvalue weighted by Gasteiger charge is 2.34. The molecular weight excluding hydrogens is 176 g/mol. The van der Waals surface area contributed by atoms with Crippen LogP contribution in [-0.2, 0) is 4.79 Å². The average Bonchev–Trinajstić information content (AvgIpc) is 2.07. The Bertz CT molecular complexity index is 211. The number of nitrogens with zero attached hydrogens (tertiary/aromatic N) is 1. The third-order valence-electron chi connectivity index (χ3n) is 2.75. The van der Waals surface area contributed by atoms with Crippen LogP contribution in [0.1, 0.15) is 34.1 Å². The van der Waals surface area contributed by atoms with Crippen molar-refractivity contribution in [2.24, 2.45) is 5.92 Å². The van der Waals surface area contributed by atoms with Crippen LogP contribution in [0.2, 0.25) is 0 Å². The minimum Gasteiger partial charge on any atom is -0.340 e. The Morgan fingerprint density at radius 3 is 2.71 bits per heavy atom. The van der Waals surface area contributed by atoms with E-state index in [1.54, 1.807) is 0 Å². The van der Waals surface area contributed by atoms with Crippen LogP contribution < -0.4 is 5.32 Å². The molecule has 1 fully saturated rings. The Labute approximate surface area is 86.9 Å². The van der Waals surface area contributed by atoms with Crippen molar-refractivity contribution >= 4 is 5.91 Å². The minimum absolute atomic E-state index is 0.240. The zero-order valence-electron chi connectivity index (χ0n) is 9.76. The van der Waals surface area contributed by atoms with Crippen molar-refractivity contribution in [1.82, 2.24) is 10.2 Å². The lowest BCUT2D eigenvalue weighted by atomic mass is 10.00. The molecule has 1 heterocycles. The molecule has 82 valence electrons. The summed E-state index contributed by atoms with van der Waals surface area (Å²) in [6.45, 7) is 11.0. The largest absolute Gasteiger partial charge is 0.340 e. The van der Waals surface area contributed by atoms with E-state index in [1.807, 2.05) is 18.7 Å². The molecule has 0 aromatic rings. The van der Waals surface area contributed by atoms with Crippen LogP contribution in [0.4, 0.5) is 0 Å². The van der Waals surface area contributed by atoms with Crippen molar-refractivity contribution in [2.45, 2.75) is 39.7 Å². The van der Waals surface area contributed by atoms with Gasteiger partial charge in [0.25, 0.3) is 0 Å². The van der Waals surface area contributed by atoms with Crippen molar-refractivity contribution in [1.29, 1.82) is 0 Å². The summed E-state index contributed by atoms with van der Waals surface area (Å²) in [5, 5.41) is 3.23. The number of nitrogens with one attached hydrogen (secondary N) is 1. The molecule has 14 heavy (non-hydrogen) atoms. The number of hydrogen-bond donors (Lipinski definition) is 1. The van der Waals surface area contributed by atoms with Gasteiger partial charge in [0, 0.05) is 19.6 Å². The maximum Gasteiger partial charge on any atom is 0.242 e. The molecule has 0 spiro atoms. The van der Waals surface area contributed by atoms with Gasteiger partial charge in [-0.15, -0.1) is 0 Å². The number of rotatable bonds is 3. The molecule has 3 heteroatoms. The van der Waals surface area contributed by atoms with Crippen LogP contribution in [0.25, 0.3) is 0 Å². The highest BCUT2D eigenvalue weighted by atomic mass is 16.2. The smallest absolute Gasteiger partial charge is 0.242 e. The number of hydrogen-bond acceptors (Lipinski definition) is 2. The first-order valence-electron chi connectivity index (χ1n) is 5.48. The Morgan fingerprint density at radius 1 is 1.50 bits per heavy atom. The molecule has 0 aromatic carbocycles. The lowest BCUT2D eigenvalue weighted by molar-refractivity contribution is -0.139. The molecule has 0 atom stereocenters. The third kappa shape index (κ3) is 2.71. The molecule has 0 radical (unpaired) electrons. The van der Waals surface area contributed by atoms with Gasteiger partial charge in [-0.1, -0.05) is 13.8 Å². The second-order valence-corrected chi connectivity index (χ2v) is 5.03. The van der Waals surface area contributed by atoms with Crippen LogP contribution in [0, 0.1) is 5.92 Å². The first-order chi connectivity index (χ1) is 6.43. The van der Waals surface area contributed by atoms with E-state index in [4.69, 9.17) is 0 Å². The fourth-order valence-electron chi connectivity index (χ4n) is 1.70. The molecule has 0 aromatic heterocycles. The summed E-state index contributed by atoms with van der Waals surface area (Å²) in [6.07, 6.45) is 1.10. The third-order valence-corrected chi connectivity index (χ3v) is 2.75. The van der Waals surface area contributed by atoms with Crippen molar-refractivity contribution in [3.63, 3.8) is 0 Å². The quantitative estimate of drug-likeness (QED) is 0.740. The molecule has 1 aliphatic rings. The molecule has 1 N–H and O–H groups in total. The highest BCUT2D eigenvalue weighted by Crippen LogP contribution is 2.13. The highest BCUT2D eigenvalue weighted by molar-refractivity contribution is 5.86. The van der Waals surface area contributed by atoms with Gasteiger partial charge < -0.3 is 10.2 Å². The molecule has 1 aliphatic heterocycles.